The fraction of sp³-hybridized carbons (Fsp3) is 0.429. The molecule has 0 aromatic heterocycles. The monoisotopic (exact) mass is 262 g/mol. The van der Waals surface area contributed by atoms with Crippen LogP contribution >= 0.6 is 0 Å². The lowest BCUT2D eigenvalue weighted by molar-refractivity contribution is -0.130. The Kier molecular flexibility index (Phi) is 4.04. The Labute approximate surface area is 112 Å². The number of hydrogen-bond acceptors (Lipinski definition) is 4. The van der Waals surface area contributed by atoms with Crippen LogP contribution in [-0.4, -0.2) is 42.4 Å². The second kappa shape index (κ2) is 5.73. The Morgan fingerprint density at radius 1 is 1.42 bits per heavy atom. The molecule has 5 heteroatoms. The Morgan fingerprint density at radius 3 is 2.89 bits per heavy atom. The van der Waals surface area contributed by atoms with Crippen LogP contribution in [0.15, 0.2) is 23.4 Å². The minimum atomic E-state index is -0.0792. The van der Waals surface area contributed by atoms with Crippen LogP contribution in [0.3, 0.4) is 0 Å². The molecule has 0 saturated carbocycles. The summed E-state index contributed by atoms with van der Waals surface area (Å²) in [5, 5.41) is 12.3. The lowest BCUT2D eigenvalue weighted by Crippen LogP contribution is -2.28. The van der Waals surface area contributed by atoms with Gasteiger partial charge in [0.05, 0.1) is 5.71 Å². The molecule has 1 aliphatic rings. The molecule has 0 unspecified atom stereocenters. The van der Waals surface area contributed by atoms with E-state index in [1.807, 2.05) is 18.2 Å². The van der Waals surface area contributed by atoms with Crippen LogP contribution in [0.5, 0.6) is 5.75 Å². The average molecular weight is 262 g/mol. The van der Waals surface area contributed by atoms with E-state index in [1.165, 1.54) is 4.90 Å². The van der Waals surface area contributed by atoms with Gasteiger partial charge in [-0.3, -0.25) is 4.79 Å². The van der Waals surface area contributed by atoms with Gasteiger partial charge in [-0.25, -0.2) is 0 Å². The number of fused-ring (bicyclic) bond motifs is 1. The van der Waals surface area contributed by atoms with E-state index in [-0.39, 0.29) is 12.5 Å². The first-order valence-corrected chi connectivity index (χ1v) is 6.29. The molecular formula is C14H18N2O3. The lowest BCUT2D eigenvalue weighted by Gasteiger charge is -2.20. The quantitative estimate of drug-likeness (QED) is 0.665. The molecular weight excluding hydrogens is 244 g/mol. The largest absolute Gasteiger partial charge is 0.483 e. The van der Waals surface area contributed by atoms with Crippen molar-refractivity contribution in [3.05, 3.63) is 29.3 Å². The minimum Gasteiger partial charge on any atom is -0.483 e. The summed E-state index contributed by atoms with van der Waals surface area (Å²) in [6, 6.07) is 5.62. The maximum atomic E-state index is 11.5. The molecule has 0 heterocycles. The van der Waals surface area contributed by atoms with E-state index < -0.39 is 0 Å². The molecule has 19 heavy (non-hydrogen) atoms. The van der Waals surface area contributed by atoms with Crippen molar-refractivity contribution in [1.82, 2.24) is 4.90 Å². The Hall–Kier alpha value is -2.04. The fourth-order valence-corrected chi connectivity index (χ4v) is 2.17. The first-order valence-electron chi connectivity index (χ1n) is 6.29. The molecule has 0 spiro atoms. The molecule has 0 radical (unpaired) electrons. The van der Waals surface area contributed by atoms with Crippen molar-refractivity contribution < 1.29 is 14.7 Å². The first-order chi connectivity index (χ1) is 9.13. The molecule has 0 saturated heterocycles. The van der Waals surface area contributed by atoms with Crippen LogP contribution in [0, 0.1) is 0 Å². The predicted octanol–water partition coefficient (Wildman–Crippen LogP) is 1.67. The van der Waals surface area contributed by atoms with Crippen LogP contribution in [-0.2, 0) is 11.2 Å². The van der Waals surface area contributed by atoms with Crippen LogP contribution in [0.25, 0.3) is 0 Å². The molecule has 0 bridgehead atoms. The molecule has 1 aromatic carbocycles. The van der Waals surface area contributed by atoms with Gasteiger partial charge < -0.3 is 14.8 Å². The SMILES string of the molecule is CN(C)C(=O)COc1cccc2c1CCCC2=NO. The summed E-state index contributed by atoms with van der Waals surface area (Å²) < 4.78 is 5.59. The molecule has 1 aliphatic carbocycles. The average Bonchev–Trinajstić information content (AvgIpc) is 2.43. The van der Waals surface area contributed by atoms with Crippen molar-refractivity contribution in [1.29, 1.82) is 0 Å². The highest BCUT2D eigenvalue weighted by molar-refractivity contribution is 6.02. The number of likely N-dealkylation sites (N-methyl/N-ethyl adjacent to an activating group) is 1. The summed E-state index contributed by atoms with van der Waals surface area (Å²) in [7, 11) is 3.39. The number of rotatable bonds is 3. The molecule has 5 nitrogen and oxygen atoms in total. The highest BCUT2D eigenvalue weighted by Crippen LogP contribution is 2.29. The third kappa shape index (κ3) is 2.86. The second-order valence-corrected chi connectivity index (χ2v) is 4.76. The lowest BCUT2D eigenvalue weighted by atomic mass is 9.89. The summed E-state index contributed by atoms with van der Waals surface area (Å²) >= 11 is 0. The van der Waals surface area contributed by atoms with Gasteiger partial charge in [-0.2, -0.15) is 0 Å². The van der Waals surface area contributed by atoms with Gasteiger partial charge in [0, 0.05) is 25.2 Å². The number of carbonyl (C=O) groups is 1. The van der Waals surface area contributed by atoms with Gasteiger partial charge in [-0.15, -0.1) is 0 Å². The van der Waals surface area contributed by atoms with Crippen LogP contribution in [0.4, 0.5) is 0 Å². The van der Waals surface area contributed by atoms with Crippen molar-refractivity contribution in [3.63, 3.8) is 0 Å². The van der Waals surface area contributed by atoms with Gasteiger partial charge in [0.25, 0.3) is 5.91 Å². The van der Waals surface area contributed by atoms with E-state index >= 15 is 0 Å². The number of oxime groups is 1. The fourth-order valence-electron chi connectivity index (χ4n) is 2.17. The molecule has 1 aromatic rings. The van der Waals surface area contributed by atoms with E-state index in [0.717, 1.165) is 30.4 Å². The van der Waals surface area contributed by atoms with E-state index in [4.69, 9.17) is 9.94 Å². The van der Waals surface area contributed by atoms with Crippen molar-refractivity contribution in [2.24, 2.45) is 5.16 Å². The minimum absolute atomic E-state index is 0.0229. The highest BCUT2D eigenvalue weighted by atomic mass is 16.5. The molecule has 1 amide bonds. The molecule has 0 atom stereocenters. The van der Waals surface area contributed by atoms with Gasteiger partial charge in [0.2, 0.25) is 0 Å². The van der Waals surface area contributed by atoms with Crippen molar-refractivity contribution in [2.75, 3.05) is 20.7 Å². The zero-order valence-corrected chi connectivity index (χ0v) is 11.2. The van der Waals surface area contributed by atoms with Crippen LogP contribution in [0.1, 0.15) is 24.0 Å². The number of ether oxygens (including phenoxy) is 1. The third-order valence-electron chi connectivity index (χ3n) is 3.25. The van der Waals surface area contributed by atoms with Crippen molar-refractivity contribution in [3.8, 4) is 5.75 Å². The van der Waals surface area contributed by atoms with Gasteiger partial charge in [-0.1, -0.05) is 17.3 Å². The standard InChI is InChI=1S/C14H18N2O3/c1-16(2)14(17)9-19-13-8-4-5-10-11(13)6-3-7-12(10)15-18/h4-5,8,18H,3,6-7,9H2,1-2H3. The number of amides is 1. The number of hydrogen-bond donors (Lipinski definition) is 1. The summed E-state index contributed by atoms with van der Waals surface area (Å²) in [4.78, 5) is 13.0. The number of benzene rings is 1. The van der Waals surface area contributed by atoms with E-state index in [1.54, 1.807) is 14.1 Å². The van der Waals surface area contributed by atoms with E-state index in [2.05, 4.69) is 5.16 Å². The van der Waals surface area contributed by atoms with Crippen molar-refractivity contribution >= 4 is 11.6 Å². The topological polar surface area (TPSA) is 62.1 Å². The zero-order valence-electron chi connectivity index (χ0n) is 11.2. The summed E-state index contributed by atoms with van der Waals surface area (Å²) in [5.74, 6) is 0.623. The van der Waals surface area contributed by atoms with Gasteiger partial charge >= 0.3 is 0 Å². The summed E-state index contributed by atoms with van der Waals surface area (Å²) in [6.45, 7) is 0.0229. The predicted molar refractivity (Wildman–Crippen MR) is 71.9 cm³/mol. The molecule has 102 valence electrons. The second-order valence-electron chi connectivity index (χ2n) is 4.76. The Balaban J connectivity index is 2.21. The van der Waals surface area contributed by atoms with Gasteiger partial charge in [0.1, 0.15) is 5.75 Å². The van der Waals surface area contributed by atoms with Gasteiger partial charge in [0.15, 0.2) is 6.61 Å². The first kappa shape index (κ1) is 13.4. The third-order valence-corrected chi connectivity index (χ3v) is 3.25. The summed E-state index contributed by atoms with van der Waals surface area (Å²) in [6.07, 6.45) is 2.57. The van der Waals surface area contributed by atoms with Crippen LogP contribution < -0.4 is 4.74 Å². The normalized spacial score (nSPS) is 16.0. The zero-order chi connectivity index (χ0) is 13.8. The smallest absolute Gasteiger partial charge is 0.259 e. The van der Waals surface area contributed by atoms with Crippen LogP contribution in [0.2, 0.25) is 0 Å². The number of carbonyl (C=O) groups excluding carboxylic acids is 1. The summed E-state index contributed by atoms with van der Waals surface area (Å²) in [5.41, 5.74) is 2.63. The number of nitrogens with zero attached hydrogens (tertiary/aromatic N) is 2. The maximum absolute atomic E-state index is 11.5. The molecule has 2 rings (SSSR count). The molecule has 0 fully saturated rings. The highest BCUT2D eigenvalue weighted by Gasteiger charge is 2.20. The van der Waals surface area contributed by atoms with E-state index in [9.17, 15) is 4.79 Å². The van der Waals surface area contributed by atoms with Gasteiger partial charge in [-0.05, 0) is 25.3 Å². The Bertz CT molecular complexity index is 509. The van der Waals surface area contributed by atoms with E-state index in [0.29, 0.717) is 11.5 Å². The maximum Gasteiger partial charge on any atom is 0.259 e. The molecule has 1 N–H and O–H groups in total. The molecule has 0 aliphatic heterocycles. The van der Waals surface area contributed by atoms with Crippen molar-refractivity contribution in [2.45, 2.75) is 19.3 Å². The Morgan fingerprint density at radius 2 is 2.21 bits per heavy atom.